The summed E-state index contributed by atoms with van der Waals surface area (Å²) in [4.78, 5) is 15.7. The molecule has 3 heteroatoms. The van der Waals surface area contributed by atoms with Gasteiger partial charge in [-0.1, -0.05) is 19.9 Å². The summed E-state index contributed by atoms with van der Waals surface area (Å²) in [5.41, 5.74) is 0.484. The lowest BCUT2D eigenvalue weighted by atomic mass is 10.1. The largest absolute Gasteiger partial charge is 0.481 e. The number of hydrogen-bond donors (Lipinski definition) is 0. The van der Waals surface area contributed by atoms with E-state index in [0.717, 1.165) is 0 Å². The Labute approximate surface area is 84.1 Å². The lowest BCUT2D eigenvalue weighted by Gasteiger charge is -2.04. The highest BCUT2D eigenvalue weighted by Gasteiger charge is 2.09. The van der Waals surface area contributed by atoms with Crippen LogP contribution in [-0.4, -0.2) is 17.9 Å². The van der Waals surface area contributed by atoms with Crippen LogP contribution < -0.4 is 4.74 Å². The zero-order valence-corrected chi connectivity index (χ0v) is 8.78. The van der Waals surface area contributed by atoms with Gasteiger partial charge in [0.05, 0.1) is 7.11 Å². The fraction of sp³-hybridized carbons (Fsp3) is 0.455. The minimum absolute atomic E-state index is 0.0684. The SMILES string of the molecule is COc1cccc(C(=O)CC(C)C)n1. The fourth-order valence-electron chi connectivity index (χ4n) is 1.16. The number of nitrogens with zero attached hydrogens (tertiary/aromatic N) is 1. The van der Waals surface area contributed by atoms with Gasteiger partial charge in [0.25, 0.3) is 0 Å². The topological polar surface area (TPSA) is 39.2 Å². The van der Waals surface area contributed by atoms with Gasteiger partial charge in [0.1, 0.15) is 5.69 Å². The van der Waals surface area contributed by atoms with Crippen LogP contribution in [-0.2, 0) is 0 Å². The molecule has 14 heavy (non-hydrogen) atoms. The third-order valence-corrected chi connectivity index (χ3v) is 1.81. The summed E-state index contributed by atoms with van der Waals surface area (Å²) in [5, 5.41) is 0. The molecule has 0 N–H and O–H groups in total. The van der Waals surface area contributed by atoms with Gasteiger partial charge < -0.3 is 4.74 Å². The number of Topliss-reactive ketones (excluding diaryl/α,β-unsaturated/α-hetero) is 1. The lowest BCUT2D eigenvalue weighted by molar-refractivity contribution is 0.0962. The molecule has 0 atom stereocenters. The van der Waals surface area contributed by atoms with Crippen molar-refractivity contribution in [2.24, 2.45) is 5.92 Å². The number of ether oxygens (including phenoxy) is 1. The third-order valence-electron chi connectivity index (χ3n) is 1.81. The van der Waals surface area contributed by atoms with Crippen molar-refractivity contribution in [1.29, 1.82) is 0 Å². The first-order chi connectivity index (χ1) is 6.63. The Morgan fingerprint density at radius 3 is 2.79 bits per heavy atom. The Kier molecular flexibility index (Phi) is 3.63. The maximum absolute atomic E-state index is 11.6. The van der Waals surface area contributed by atoms with Crippen molar-refractivity contribution in [2.75, 3.05) is 7.11 Å². The Balaban J connectivity index is 2.79. The van der Waals surface area contributed by atoms with Gasteiger partial charge in [-0.25, -0.2) is 4.98 Å². The summed E-state index contributed by atoms with van der Waals surface area (Å²) in [6, 6.07) is 5.22. The van der Waals surface area contributed by atoms with Crippen LogP contribution in [0.5, 0.6) is 5.88 Å². The van der Waals surface area contributed by atoms with Crippen LogP contribution in [0.2, 0.25) is 0 Å². The summed E-state index contributed by atoms with van der Waals surface area (Å²) >= 11 is 0. The Morgan fingerprint density at radius 1 is 1.50 bits per heavy atom. The molecule has 0 aromatic carbocycles. The van der Waals surface area contributed by atoms with Gasteiger partial charge in [-0.2, -0.15) is 0 Å². The molecule has 0 fully saturated rings. The number of carbonyl (C=O) groups is 1. The molecule has 1 aromatic heterocycles. The summed E-state index contributed by atoms with van der Waals surface area (Å²) < 4.78 is 4.95. The maximum Gasteiger partial charge on any atom is 0.213 e. The van der Waals surface area contributed by atoms with Crippen molar-refractivity contribution in [1.82, 2.24) is 4.98 Å². The molecule has 0 bridgehead atoms. The number of pyridine rings is 1. The Bertz CT molecular complexity index is 321. The van der Waals surface area contributed by atoms with Crippen molar-refractivity contribution < 1.29 is 9.53 Å². The maximum atomic E-state index is 11.6. The van der Waals surface area contributed by atoms with Crippen molar-refractivity contribution in [3.63, 3.8) is 0 Å². The average molecular weight is 193 g/mol. The lowest BCUT2D eigenvalue weighted by Crippen LogP contribution is -2.06. The van der Waals surface area contributed by atoms with E-state index in [1.54, 1.807) is 25.3 Å². The van der Waals surface area contributed by atoms with E-state index in [1.807, 2.05) is 13.8 Å². The molecule has 0 amide bonds. The second-order valence-electron chi connectivity index (χ2n) is 3.59. The van der Waals surface area contributed by atoms with Crippen LogP contribution in [0.3, 0.4) is 0 Å². The normalized spacial score (nSPS) is 10.3. The van der Waals surface area contributed by atoms with Gasteiger partial charge in [-0.15, -0.1) is 0 Å². The molecule has 0 aliphatic heterocycles. The first-order valence-electron chi connectivity index (χ1n) is 4.67. The van der Waals surface area contributed by atoms with Crippen molar-refractivity contribution in [3.8, 4) is 5.88 Å². The van der Waals surface area contributed by atoms with E-state index in [2.05, 4.69) is 4.98 Å². The number of methoxy groups -OCH3 is 1. The summed E-state index contributed by atoms with van der Waals surface area (Å²) in [5.74, 6) is 0.911. The first kappa shape index (κ1) is 10.7. The number of ketones is 1. The molecular formula is C11H15NO2. The summed E-state index contributed by atoms with van der Waals surface area (Å²) in [7, 11) is 1.54. The van der Waals surface area contributed by atoms with Gasteiger partial charge in [-0.05, 0) is 12.0 Å². The third kappa shape index (κ3) is 2.83. The minimum Gasteiger partial charge on any atom is -0.481 e. The molecule has 0 unspecified atom stereocenters. The van der Waals surface area contributed by atoms with Crippen molar-refractivity contribution in [3.05, 3.63) is 23.9 Å². The van der Waals surface area contributed by atoms with E-state index < -0.39 is 0 Å². The predicted octanol–water partition coefficient (Wildman–Crippen LogP) is 2.32. The zero-order valence-electron chi connectivity index (χ0n) is 8.78. The molecule has 0 saturated carbocycles. The highest BCUT2D eigenvalue weighted by atomic mass is 16.5. The van der Waals surface area contributed by atoms with Crippen molar-refractivity contribution >= 4 is 5.78 Å². The molecule has 76 valence electrons. The number of carbonyl (C=O) groups excluding carboxylic acids is 1. The van der Waals surface area contributed by atoms with Gasteiger partial charge in [-0.3, -0.25) is 4.79 Å². The van der Waals surface area contributed by atoms with E-state index in [4.69, 9.17) is 4.74 Å². The van der Waals surface area contributed by atoms with E-state index in [9.17, 15) is 4.79 Å². The van der Waals surface area contributed by atoms with E-state index in [0.29, 0.717) is 23.9 Å². The smallest absolute Gasteiger partial charge is 0.213 e. The standard InChI is InChI=1S/C11H15NO2/c1-8(2)7-10(13)9-5-4-6-11(12-9)14-3/h4-6,8H,7H2,1-3H3. The minimum atomic E-state index is 0.0684. The molecule has 0 aliphatic rings. The highest BCUT2D eigenvalue weighted by Crippen LogP contribution is 2.11. The molecule has 0 saturated heterocycles. The van der Waals surface area contributed by atoms with Crippen LogP contribution >= 0.6 is 0 Å². The number of rotatable bonds is 4. The molecule has 1 rings (SSSR count). The van der Waals surface area contributed by atoms with E-state index in [1.165, 1.54) is 0 Å². The van der Waals surface area contributed by atoms with Gasteiger partial charge in [0.15, 0.2) is 5.78 Å². The van der Waals surface area contributed by atoms with Crippen LogP contribution in [0.25, 0.3) is 0 Å². The Morgan fingerprint density at radius 2 is 2.21 bits per heavy atom. The molecule has 1 heterocycles. The van der Waals surface area contributed by atoms with Crippen LogP contribution in [0.1, 0.15) is 30.8 Å². The molecule has 0 spiro atoms. The zero-order chi connectivity index (χ0) is 10.6. The van der Waals surface area contributed by atoms with Gasteiger partial charge in [0.2, 0.25) is 5.88 Å². The first-order valence-corrected chi connectivity index (χ1v) is 4.67. The van der Waals surface area contributed by atoms with Crippen LogP contribution in [0, 0.1) is 5.92 Å². The van der Waals surface area contributed by atoms with E-state index >= 15 is 0 Å². The van der Waals surface area contributed by atoms with Crippen molar-refractivity contribution in [2.45, 2.75) is 20.3 Å². The average Bonchev–Trinajstić information content (AvgIpc) is 2.17. The fourth-order valence-corrected chi connectivity index (χ4v) is 1.16. The van der Waals surface area contributed by atoms with Gasteiger partial charge in [0, 0.05) is 12.5 Å². The Hall–Kier alpha value is -1.38. The quantitative estimate of drug-likeness (QED) is 0.689. The molecule has 0 radical (unpaired) electrons. The highest BCUT2D eigenvalue weighted by molar-refractivity contribution is 5.94. The van der Waals surface area contributed by atoms with E-state index in [-0.39, 0.29) is 5.78 Å². The number of aromatic nitrogens is 1. The number of hydrogen-bond acceptors (Lipinski definition) is 3. The molecule has 1 aromatic rings. The van der Waals surface area contributed by atoms with Crippen LogP contribution in [0.4, 0.5) is 0 Å². The molecule has 3 nitrogen and oxygen atoms in total. The second-order valence-corrected chi connectivity index (χ2v) is 3.59. The molecule has 0 aliphatic carbocycles. The second kappa shape index (κ2) is 4.74. The van der Waals surface area contributed by atoms with Gasteiger partial charge >= 0.3 is 0 Å². The summed E-state index contributed by atoms with van der Waals surface area (Å²) in [6.07, 6.45) is 0.528. The summed E-state index contributed by atoms with van der Waals surface area (Å²) in [6.45, 7) is 4.02. The molecular weight excluding hydrogens is 178 g/mol. The monoisotopic (exact) mass is 193 g/mol. The van der Waals surface area contributed by atoms with Crippen LogP contribution in [0.15, 0.2) is 18.2 Å². The predicted molar refractivity (Wildman–Crippen MR) is 54.6 cm³/mol.